The first-order valence-electron chi connectivity index (χ1n) is 7.01. The molecule has 1 aromatic heterocycles. The molecule has 0 spiro atoms. The molecule has 0 bridgehead atoms. The fourth-order valence-electron chi connectivity index (χ4n) is 2.51. The van der Waals surface area contributed by atoms with Crippen molar-refractivity contribution in [2.45, 2.75) is 39.8 Å². The van der Waals surface area contributed by atoms with Crippen molar-refractivity contribution in [1.29, 1.82) is 0 Å². The number of aromatic nitrogens is 1. The predicted octanol–water partition coefficient (Wildman–Crippen LogP) is 3.71. The van der Waals surface area contributed by atoms with Crippen LogP contribution >= 0.6 is 11.6 Å². The number of hydrogen-bond donors (Lipinski definition) is 3. The van der Waals surface area contributed by atoms with Gasteiger partial charge in [-0.1, -0.05) is 38.4 Å². The number of H-pyrrole nitrogens is 1. The van der Waals surface area contributed by atoms with Crippen molar-refractivity contribution >= 4 is 22.5 Å². The molecule has 0 saturated carbocycles. The van der Waals surface area contributed by atoms with E-state index < -0.39 is 0 Å². The number of nitrogens with one attached hydrogen (secondary N) is 2. The van der Waals surface area contributed by atoms with Crippen LogP contribution in [0.4, 0.5) is 0 Å². The third kappa shape index (κ3) is 3.54. The summed E-state index contributed by atoms with van der Waals surface area (Å²) in [6, 6.07) is 6.18. The first kappa shape index (κ1) is 15.4. The van der Waals surface area contributed by atoms with E-state index in [0.29, 0.717) is 0 Å². The summed E-state index contributed by atoms with van der Waals surface area (Å²) in [5, 5.41) is 14.7. The lowest BCUT2D eigenvalue weighted by Crippen LogP contribution is -2.40. The third-order valence-electron chi connectivity index (χ3n) is 3.73. The fourth-order valence-corrected chi connectivity index (χ4v) is 2.68. The van der Waals surface area contributed by atoms with Crippen molar-refractivity contribution in [3.8, 4) is 0 Å². The molecule has 2 rings (SSSR count). The quantitative estimate of drug-likeness (QED) is 0.787. The van der Waals surface area contributed by atoms with Crippen LogP contribution in [0.5, 0.6) is 0 Å². The summed E-state index contributed by atoms with van der Waals surface area (Å²) >= 11 is 5.99. The Bertz CT molecular complexity index is 571. The minimum atomic E-state index is 0.123. The molecule has 0 aliphatic carbocycles. The Hall–Kier alpha value is -1.03. The number of halogens is 1. The highest BCUT2D eigenvalue weighted by molar-refractivity contribution is 6.31. The first-order valence-corrected chi connectivity index (χ1v) is 7.39. The van der Waals surface area contributed by atoms with Crippen molar-refractivity contribution < 1.29 is 5.11 Å². The van der Waals surface area contributed by atoms with E-state index in [0.717, 1.165) is 23.5 Å². The number of hydrogen-bond acceptors (Lipinski definition) is 2. The summed E-state index contributed by atoms with van der Waals surface area (Å²) in [4.78, 5) is 3.25. The third-order valence-corrected chi connectivity index (χ3v) is 3.97. The molecule has 1 heterocycles. The topological polar surface area (TPSA) is 48.0 Å². The van der Waals surface area contributed by atoms with Gasteiger partial charge in [0.2, 0.25) is 0 Å². The number of aliphatic hydroxyl groups excluding tert-OH is 1. The Morgan fingerprint density at radius 2 is 2.10 bits per heavy atom. The van der Waals surface area contributed by atoms with Gasteiger partial charge in [-0.2, -0.15) is 0 Å². The molecule has 0 fully saturated rings. The number of rotatable bonds is 5. The molecule has 0 amide bonds. The number of aromatic amines is 1. The minimum Gasteiger partial charge on any atom is -0.396 e. The van der Waals surface area contributed by atoms with Crippen LogP contribution in [0.3, 0.4) is 0 Å². The van der Waals surface area contributed by atoms with E-state index in [1.807, 2.05) is 24.4 Å². The van der Waals surface area contributed by atoms with E-state index in [1.54, 1.807) is 0 Å². The highest BCUT2D eigenvalue weighted by atomic mass is 35.5. The summed E-state index contributed by atoms with van der Waals surface area (Å²) in [6.45, 7) is 7.56. The molecule has 3 nitrogen and oxygen atoms in total. The molecular weight excluding hydrogens is 272 g/mol. The van der Waals surface area contributed by atoms with Crippen LogP contribution in [-0.4, -0.2) is 22.7 Å². The number of aliphatic hydroxyl groups is 1. The van der Waals surface area contributed by atoms with Crippen LogP contribution < -0.4 is 5.32 Å². The Balaban J connectivity index is 2.12. The molecule has 2 aromatic rings. The highest BCUT2D eigenvalue weighted by Crippen LogP contribution is 2.24. The van der Waals surface area contributed by atoms with Crippen LogP contribution in [-0.2, 0) is 6.54 Å². The summed E-state index contributed by atoms with van der Waals surface area (Å²) in [7, 11) is 0. The van der Waals surface area contributed by atoms with Crippen molar-refractivity contribution in [3.63, 3.8) is 0 Å². The summed E-state index contributed by atoms with van der Waals surface area (Å²) in [6.07, 6.45) is 2.78. The summed E-state index contributed by atoms with van der Waals surface area (Å²) in [5.41, 5.74) is 2.41. The van der Waals surface area contributed by atoms with Crippen molar-refractivity contribution in [2.75, 3.05) is 6.61 Å². The standard InChI is InChI=1S/C16H23ClN2O/c1-16(2,3)15(6-7-20)19-10-11-9-18-14-8-12(17)4-5-13(11)14/h4-5,8-9,15,18-20H,6-7,10H2,1-3H3. The van der Waals surface area contributed by atoms with Crippen LogP contribution in [0.15, 0.2) is 24.4 Å². The van der Waals surface area contributed by atoms with Crippen LogP contribution in [0.1, 0.15) is 32.8 Å². The first-order chi connectivity index (χ1) is 9.41. The van der Waals surface area contributed by atoms with Gasteiger partial charge in [0.15, 0.2) is 0 Å². The second-order valence-corrected chi connectivity index (χ2v) is 6.75. The van der Waals surface area contributed by atoms with Gasteiger partial charge in [0, 0.05) is 41.3 Å². The molecule has 0 saturated heterocycles. The minimum absolute atomic E-state index is 0.123. The van der Waals surface area contributed by atoms with Gasteiger partial charge in [0.1, 0.15) is 0 Å². The predicted molar refractivity (Wildman–Crippen MR) is 85.1 cm³/mol. The lowest BCUT2D eigenvalue weighted by molar-refractivity contribution is 0.196. The zero-order valence-electron chi connectivity index (χ0n) is 12.3. The lowest BCUT2D eigenvalue weighted by Gasteiger charge is -2.31. The van der Waals surface area contributed by atoms with Crippen LogP contribution in [0, 0.1) is 5.41 Å². The van der Waals surface area contributed by atoms with Gasteiger partial charge in [-0.3, -0.25) is 0 Å². The molecule has 110 valence electrons. The van der Waals surface area contributed by atoms with E-state index >= 15 is 0 Å². The molecule has 1 atom stereocenters. The Labute approximate surface area is 125 Å². The number of fused-ring (bicyclic) bond motifs is 1. The van der Waals surface area contributed by atoms with Gasteiger partial charge in [-0.15, -0.1) is 0 Å². The van der Waals surface area contributed by atoms with Gasteiger partial charge in [-0.05, 0) is 29.5 Å². The number of benzene rings is 1. The maximum atomic E-state index is 9.20. The molecule has 0 aliphatic heterocycles. The zero-order chi connectivity index (χ0) is 14.8. The van der Waals surface area contributed by atoms with E-state index in [-0.39, 0.29) is 18.1 Å². The van der Waals surface area contributed by atoms with E-state index in [1.165, 1.54) is 10.9 Å². The summed E-state index contributed by atoms with van der Waals surface area (Å²) in [5.74, 6) is 0. The largest absolute Gasteiger partial charge is 0.396 e. The monoisotopic (exact) mass is 294 g/mol. The Morgan fingerprint density at radius 1 is 1.35 bits per heavy atom. The van der Waals surface area contributed by atoms with Crippen molar-refractivity contribution in [2.24, 2.45) is 5.41 Å². The van der Waals surface area contributed by atoms with E-state index in [2.05, 4.69) is 31.1 Å². The van der Waals surface area contributed by atoms with E-state index in [4.69, 9.17) is 11.6 Å². The van der Waals surface area contributed by atoms with Gasteiger partial charge in [0.25, 0.3) is 0 Å². The maximum Gasteiger partial charge on any atom is 0.0472 e. The van der Waals surface area contributed by atoms with Crippen molar-refractivity contribution in [1.82, 2.24) is 10.3 Å². The van der Waals surface area contributed by atoms with Crippen molar-refractivity contribution in [3.05, 3.63) is 35.0 Å². The molecule has 1 unspecified atom stereocenters. The molecule has 0 radical (unpaired) electrons. The molecule has 0 aliphatic rings. The van der Waals surface area contributed by atoms with Crippen LogP contribution in [0.25, 0.3) is 10.9 Å². The molecule has 4 heteroatoms. The van der Waals surface area contributed by atoms with Gasteiger partial charge in [0.05, 0.1) is 0 Å². The van der Waals surface area contributed by atoms with Gasteiger partial charge >= 0.3 is 0 Å². The second kappa shape index (κ2) is 6.17. The van der Waals surface area contributed by atoms with Crippen LogP contribution in [0.2, 0.25) is 5.02 Å². The van der Waals surface area contributed by atoms with Gasteiger partial charge < -0.3 is 15.4 Å². The second-order valence-electron chi connectivity index (χ2n) is 6.32. The normalized spacial score (nSPS) is 13.8. The molecular formula is C16H23ClN2O. The lowest BCUT2D eigenvalue weighted by atomic mass is 9.85. The summed E-state index contributed by atoms with van der Waals surface area (Å²) < 4.78 is 0. The Kier molecular flexibility index (Phi) is 4.74. The molecule has 1 aromatic carbocycles. The maximum absolute atomic E-state index is 9.20. The fraction of sp³-hybridized carbons (Fsp3) is 0.500. The Morgan fingerprint density at radius 3 is 2.75 bits per heavy atom. The van der Waals surface area contributed by atoms with Gasteiger partial charge in [-0.25, -0.2) is 0 Å². The SMILES string of the molecule is CC(C)(C)C(CCO)NCc1c[nH]c2cc(Cl)ccc12. The smallest absolute Gasteiger partial charge is 0.0472 e. The zero-order valence-corrected chi connectivity index (χ0v) is 13.1. The average Bonchev–Trinajstić information content (AvgIpc) is 2.75. The highest BCUT2D eigenvalue weighted by Gasteiger charge is 2.23. The van der Waals surface area contributed by atoms with E-state index in [9.17, 15) is 5.11 Å². The molecule has 3 N–H and O–H groups in total. The molecule has 20 heavy (non-hydrogen) atoms. The average molecular weight is 295 g/mol.